The van der Waals surface area contributed by atoms with Crippen LogP contribution in [-0.2, 0) is 14.4 Å². The van der Waals surface area contributed by atoms with Gasteiger partial charge in [0.1, 0.15) is 6.04 Å². The first kappa shape index (κ1) is 31.5. The summed E-state index contributed by atoms with van der Waals surface area (Å²) in [4.78, 5) is 44.0. The standard InChI is InChI=1S/C31H50N4O3/c1-20(2)27(19-23(7)29(36)32-24(8)25-15-11-10-12-16-25)34(9)31(38)28(21(3)4)33-30(37)26-17-13-14-18-35(26)22(5)6/h10-12,15-16,19-22,24,26-28H,13-14,17-18H2,1-9H3,(H,32,36)(H,33,37)/b23-19+. The molecule has 1 heterocycles. The Morgan fingerprint density at radius 1 is 0.947 bits per heavy atom. The first-order valence-corrected chi connectivity index (χ1v) is 14.2. The number of carbonyl (C=O) groups excluding carboxylic acids is 3. The van der Waals surface area contributed by atoms with Crippen LogP contribution >= 0.6 is 0 Å². The number of carbonyl (C=O) groups is 3. The van der Waals surface area contributed by atoms with Crippen LogP contribution < -0.4 is 10.6 Å². The number of hydrogen-bond donors (Lipinski definition) is 2. The van der Waals surface area contributed by atoms with E-state index in [0.717, 1.165) is 31.4 Å². The predicted octanol–water partition coefficient (Wildman–Crippen LogP) is 4.70. The number of hydrogen-bond acceptors (Lipinski definition) is 4. The number of nitrogens with zero attached hydrogens (tertiary/aromatic N) is 2. The summed E-state index contributed by atoms with van der Waals surface area (Å²) in [5.41, 5.74) is 1.59. The fourth-order valence-electron chi connectivity index (χ4n) is 5.20. The van der Waals surface area contributed by atoms with Crippen molar-refractivity contribution in [2.45, 2.75) is 105 Å². The van der Waals surface area contributed by atoms with Crippen molar-refractivity contribution < 1.29 is 14.4 Å². The highest BCUT2D eigenvalue weighted by atomic mass is 16.2. The normalized spacial score (nSPS) is 19.3. The molecule has 0 aliphatic carbocycles. The van der Waals surface area contributed by atoms with E-state index in [0.29, 0.717) is 5.57 Å². The summed E-state index contributed by atoms with van der Waals surface area (Å²) in [6, 6.07) is 8.84. The molecule has 1 saturated heterocycles. The van der Waals surface area contributed by atoms with Crippen molar-refractivity contribution in [3.8, 4) is 0 Å². The zero-order chi connectivity index (χ0) is 28.6. The summed E-state index contributed by atoms with van der Waals surface area (Å²) in [7, 11) is 1.77. The molecule has 7 nitrogen and oxygen atoms in total. The average molecular weight is 527 g/mol. The number of piperidine rings is 1. The van der Waals surface area contributed by atoms with Crippen LogP contribution in [0.1, 0.15) is 86.3 Å². The van der Waals surface area contributed by atoms with E-state index >= 15 is 0 Å². The Bertz CT molecular complexity index is 957. The molecule has 0 bridgehead atoms. The van der Waals surface area contributed by atoms with Crippen molar-refractivity contribution >= 4 is 17.7 Å². The first-order chi connectivity index (χ1) is 17.8. The Morgan fingerprint density at radius 2 is 1.58 bits per heavy atom. The molecule has 7 heteroatoms. The molecule has 0 spiro atoms. The molecule has 0 radical (unpaired) electrons. The Morgan fingerprint density at radius 3 is 2.13 bits per heavy atom. The highest BCUT2D eigenvalue weighted by molar-refractivity contribution is 5.93. The second kappa shape index (κ2) is 14.5. The smallest absolute Gasteiger partial charge is 0.247 e. The van der Waals surface area contributed by atoms with Crippen molar-refractivity contribution in [2.75, 3.05) is 13.6 Å². The Balaban J connectivity index is 2.16. The number of likely N-dealkylation sites (N-methyl/N-ethyl adjacent to an activating group) is 1. The molecule has 1 fully saturated rings. The number of amides is 3. The van der Waals surface area contributed by atoms with Gasteiger partial charge in [0.05, 0.1) is 18.1 Å². The van der Waals surface area contributed by atoms with Gasteiger partial charge in [0, 0.05) is 18.7 Å². The lowest BCUT2D eigenvalue weighted by molar-refractivity contribution is -0.140. The molecule has 2 N–H and O–H groups in total. The van der Waals surface area contributed by atoms with E-state index in [1.807, 2.05) is 71.0 Å². The van der Waals surface area contributed by atoms with Crippen LogP contribution in [0.4, 0.5) is 0 Å². The monoisotopic (exact) mass is 526 g/mol. The third-order valence-electron chi connectivity index (χ3n) is 7.64. The van der Waals surface area contributed by atoms with Crippen molar-refractivity contribution in [2.24, 2.45) is 11.8 Å². The lowest BCUT2D eigenvalue weighted by Gasteiger charge is -2.39. The fraction of sp³-hybridized carbons (Fsp3) is 0.645. The quantitative estimate of drug-likeness (QED) is 0.410. The average Bonchev–Trinajstić information content (AvgIpc) is 2.89. The van der Waals surface area contributed by atoms with Gasteiger partial charge in [-0.15, -0.1) is 0 Å². The van der Waals surface area contributed by atoms with E-state index in [1.54, 1.807) is 18.9 Å². The maximum Gasteiger partial charge on any atom is 0.247 e. The number of rotatable bonds is 11. The van der Waals surface area contributed by atoms with Crippen LogP contribution in [0.5, 0.6) is 0 Å². The van der Waals surface area contributed by atoms with Gasteiger partial charge in [-0.3, -0.25) is 19.3 Å². The van der Waals surface area contributed by atoms with Crippen LogP contribution in [0.2, 0.25) is 0 Å². The molecule has 3 amide bonds. The lowest BCUT2D eigenvalue weighted by atomic mass is 9.95. The molecular weight excluding hydrogens is 476 g/mol. The molecule has 2 rings (SSSR count). The third-order valence-corrected chi connectivity index (χ3v) is 7.64. The predicted molar refractivity (Wildman–Crippen MR) is 154 cm³/mol. The maximum atomic E-state index is 13.7. The highest BCUT2D eigenvalue weighted by Gasteiger charge is 2.36. The summed E-state index contributed by atoms with van der Waals surface area (Å²) in [6.45, 7) is 16.9. The minimum atomic E-state index is -0.634. The Labute approximate surface area is 230 Å². The van der Waals surface area contributed by atoms with Gasteiger partial charge in [-0.2, -0.15) is 0 Å². The molecule has 38 heavy (non-hydrogen) atoms. The van der Waals surface area contributed by atoms with Gasteiger partial charge in [-0.25, -0.2) is 0 Å². The molecule has 0 saturated carbocycles. The first-order valence-electron chi connectivity index (χ1n) is 14.2. The van der Waals surface area contributed by atoms with Gasteiger partial charge < -0.3 is 15.5 Å². The van der Waals surface area contributed by atoms with Crippen LogP contribution in [0.25, 0.3) is 0 Å². The van der Waals surface area contributed by atoms with Crippen LogP contribution in [-0.4, -0.2) is 65.3 Å². The molecule has 4 unspecified atom stereocenters. The van der Waals surface area contributed by atoms with Gasteiger partial charge in [-0.1, -0.05) is 70.5 Å². The third kappa shape index (κ3) is 8.42. The minimum Gasteiger partial charge on any atom is -0.346 e. The van der Waals surface area contributed by atoms with E-state index < -0.39 is 6.04 Å². The van der Waals surface area contributed by atoms with E-state index in [-0.39, 0.29) is 53.7 Å². The number of likely N-dealkylation sites (tertiary alicyclic amines) is 1. The SMILES string of the molecule is C/C(=C\C(C(C)C)N(C)C(=O)C(NC(=O)C1CCCCN1C(C)C)C(C)C)C(=O)NC(C)c1ccccc1. The van der Waals surface area contributed by atoms with Gasteiger partial charge in [0.2, 0.25) is 17.7 Å². The summed E-state index contributed by atoms with van der Waals surface area (Å²) in [6.07, 6.45) is 4.80. The van der Waals surface area contributed by atoms with Gasteiger partial charge in [-0.05, 0) is 64.5 Å². The lowest BCUT2D eigenvalue weighted by Crippen LogP contribution is -2.58. The molecule has 212 valence electrons. The second-order valence-electron chi connectivity index (χ2n) is 11.7. The molecule has 1 aromatic rings. The van der Waals surface area contributed by atoms with Crippen molar-refractivity contribution in [3.63, 3.8) is 0 Å². The largest absolute Gasteiger partial charge is 0.346 e. The van der Waals surface area contributed by atoms with E-state index in [4.69, 9.17) is 0 Å². The molecule has 1 aliphatic heterocycles. The highest BCUT2D eigenvalue weighted by Crippen LogP contribution is 2.22. The molecule has 1 aliphatic rings. The van der Waals surface area contributed by atoms with E-state index in [2.05, 4.69) is 29.4 Å². The van der Waals surface area contributed by atoms with Gasteiger partial charge in [0.15, 0.2) is 0 Å². The maximum absolute atomic E-state index is 13.7. The molecule has 4 atom stereocenters. The summed E-state index contributed by atoms with van der Waals surface area (Å²) in [5.74, 6) is -0.357. The van der Waals surface area contributed by atoms with Crippen LogP contribution in [0.3, 0.4) is 0 Å². The second-order valence-corrected chi connectivity index (χ2v) is 11.7. The van der Waals surface area contributed by atoms with Crippen LogP contribution in [0, 0.1) is 11.8 Å². The molecular formula is C31H50N4O3. The van der Waals surface area contributed by atoms with Gasteiger partial charge in [0.25, 0.3) is 0 Å². The molecule has 0 aromatic heterocycles. The summed E-state index contributed by atoms with van der Waals surface area (Å²) < 4.78 is 0. The fourth-order valence-corrected chi connectivity index (χ4v) is 5.20. The van der Waals surface area contributed by atoms with Crippen molar-refractivity contribution in [3.05, 3.63) is 47.5 Å². The molecule has 1 aromatic carbocycles. The summed E-state index contributed by atoms with van der Waals surface area (Å²) in [5, 5.41) is 6.15. The van der Waals surface area contributed by atoms with E-state index in [9.17, 15) is 14.4 Å². The minimum absolute atomic E-state index is 0.0686. The van der Waals surface area contributed by atoms with E-state index in [1.165, 1.54) is 0 Å². The zero-order valence-corrected chi connectivity index (χ0v) is 25.0. The Kier molecular flexibility index (Phi) is 12.0. The number of nitrogens with one attached hydrogen (secondary N) is 2. The topological polar surface area (TPSA) is 81.8 Å². The Hall–Kier alpha value is -2.67. The van der Waals surface area contributed by atoms with Crippen molar-refractivity contribution in [1.82, 2.24) is 20.4 Å². The van der Waals surface area contributed by atoms with Crippen molar-refractivity contribution in [1.29, 1.82) is 0 Å². The van der Waals surface area contributed by atoms with Gasteiger partial charge >= 0.3 is 0 Å². The zero-order valence-electron chi connectivity index (χ0n) is 25.0. The summed E-state index contributed by atoms with van der Waals surface area (Å²) >= 11 is 0. The van der Waals surface area contributed by atoms with Crippen LogP contribution in [0.15, 0.2) is 42.0 Å². The number of benzene rings is 1.